The number of nitrogen functional groups attached to an aromatic ring is 1. The van der Waals surface area contributed by atoms with Gasteiger partial charge in [0.2, 0.25) is 0 Å². The second kappa shape index (κ2) is 7.30. The number of amides is 1. The number of aryl methyl sites for hydroxylation is 3. The second-order valence-corrected chi connectivity index (χ2v) is 9.16. The van der Waals surface area contributed by atoms with Crippen LogP contribution >= 0.6 is 15.9 Å². The molecule has 1 aliphatic carbocycles. The van der Waals surface area contributed by atoms with Crippen LogP contribution in [0.15, 0.2) is 35.1 Å². The molecule has 0 unspecified atom stereocenters. The maximum absolute atomic E-state index is 13.7. The van der Waals surface area contributed by atoms with Crippen LogP contribution in [0.1, 0.15) is 40.0 Å². The first-order valence-corrected chi connectivity index (χ1v) is 11.1. The monoisotopic (exact) mass is 478 g/mol. The van der Waals surface area contributed by atoms with Crippen LogP contribution < -0.4 is 5.73 Å². The summed E-state index contributed by atoms with van der Waals surface area (Å²) in [5.41, 5.74) is 11.4. The van der Waals surface area contributed by atoms with Gasteiger partial charge in [-0.25, -0.2) is 4.98 Å². The molecule has 31 heavy (non-hydrogen) atoms. The number of hydrogen-bond donors (Lipinski definition) is 1. The summed E-state index contributed by atoms with van der Waals surface area (Å²) in [5, 5.41) is 6.02. The minimum Gasteiger partial charge on any atom is -0.383 e. The van der Waals surface area contributed by atoms with Gasteiger partial charge in [0.15, 0.2) is 0 Å². The third-order valence-corrected chi connectivity index (χ3v) is 6.80. The fourth-order valence-electron chi connectivity index (χ4n) is 4.11. The molecule has 1 aliphatic rings. The summed E-state index contributed by atoms with van der Waals surface area (Å²) in [6, 6.07) is 6.18. The van der Waals surface area contributed by atoms with E-state index < -0.39 is 0 Å². The van der Waals surface area contributed by atoms with Crippen LogP contribution in [-0.4, -0.2) is 36.6 Å². The van der Waals surface area contributed by atoms with Crippen molar-refractivity contribution in [2.75, 3.05) is 5.73 Å². The Balaban J connectivity index is 1.59. The highest BCUT2D eigenvalue weighted by Gasteiger charge is 2.34. The molecular formula is C23H23BrN6O. The van der Waals surface area contributed by atoms with E-state index in [0.717, 1.165) is 55.9 Å². The van der Waals surface area contributed by atoms with Crippen molar-refractivity contribution in [1.29, 1.82) is 0 Å². The molecule has 5 rings (SSSR count). The molecule has 0 atom stereocenters. The van der Waals surface area contributed by atoms with Gasteiger partial charge in [-0.2, -0.15) is 5.10 Å². The number of carbonyl (C=O) groups excluding carboxylic acids is 1. The quantitative estimate of drug-likeness (QED) is 0.472. The highest BCUT2D eigenvalue weighted by atomic mass is 79.9. The zero-order valence-electron chi connectivity index (χ0n) is 17.7. The number of nitrogens with zero attached hydrogens (tertiary/aromatic N) is 5. The molecule has 1 fully saturated rings. The number of fused-ring (bicyclic) bond motifs is 3. The van der Waals surface area contributed by atoms with Gasteiger partial charge >= 0.3 is 0 Å². The molecule has 1 amide bonds. The van der Waals surface area contributed by atoms with Crippen LogP contribution in [0.2, 0.25) is 0 Å². The Labute approximate surface area is 188 Å². The molecule has 0 saturated heterocycles. The molecule has 0 radical (unpaired) electrons. The fourth-order valence-corrected chi connectivity index (χ4v) is 4.32. The molecule has 4 aromatic rings. The van der Waals surface area contributed by atoms with E-state index >= 15 is 0 Å². The van der Waals surface area contributed by atoms with E-state index in [2.05, 4.69) is 31.0 Å². The molecule has 3 aromatic heterocycles. The van der Waals surface area contributed by atoms with Crippen LogP contribution in [0.3, 0.4) is 0 Å². The van der Waals surface area contributed by atoms with E-state index in [9.17, 15) is 4.79 Å². The Morgan fingerprint density at radius 1 is 1.19 bits per heavy atom. The van der Waals surface area contributed by atoms with Crippen molar-refractivity contribution in [2.24, 2.45) is 7.05 Å². The summed E-state index contributed by atoms with van der Waals surface area (Å²) < 4.78 is 2.75. The number of aromatic nitrogens is 4. The third-order valence-electron chi connectivity index (χ3n) is 5.97. The number of rotatable bonds is 4. The predicted octanol–water partition coefficient (Wildman–Crippen LogP) is 4.28. The Morgan fingerprint density at radius 2 is 1.97 bits per heavy atom. The molecule has 0 bridgehead atoms. The summed E-state index contributed by atoms with van der Waals surface area (Å²) in [6.07, 6.45) is 5.57. The van der Waals surface area contributed by atoms with Crippen molar-refractivity contribution in [3.05, 3.63) is 57.4 Å². The smallest absolute Gasteiger partial charge is 0.254 e. The molecule has 7 nitrogen and oxygen atoms in total. The van der Waals surface area contributed by atoms with Gasteiger partial charge in [0.05, 0.1) is 34.9 Å². The SMILES string of the molecule is Cc1cc(CN(C(=O)c2cc3c(cc2C)nc(N)c2cnn(C)c23)C2CC2)ncc1Br. The molecule has 0 spiro atoms. The summed E-state index contributed by atoms with van der Waals surface area (Å²) in [7, 11) is 1.88. The average molecular weight is 479 g/mol. The van der Waals surface area contributed by atoms with Crippen LogP contribution in [0, 0.1) is 13.8 Å². The average Bonchev–Trinajstić information content (AvgIpc) is 3.50. The summed E-state index contributed by atoms with van der Waals surface area (Å²) in [6.45, 7) is 4.48. The van der Waals surface area contributed by atoms with Gasteiger partial charge < -0.3 is 10.6 Å². The second-order valence-electron chi connectivity index (χ2n) is 8.30. The van der Waals surface area contributed by atoms with Gasteiger partial charge in [-0.3, -0.25) is 14.5 Å². The lowest BCUT2D eigenvalue weighted by atomic mass is 10.0. The standard InChI is InChI=1S/C23H23BrN6O/c1-12-7-20-17(21-18(22(25)28-20)9-27-29(21)3)8-16(12)23(31)30(15-4-5-15)11-14-6-13(2)19(24)10-26-14/h6-10,15H,4-5,11H2,1-3H3,(H2,25,28). The van der Waals surface area contributed by atoms with Crippen molar-refractivity contribution in [1.82, 2.24) is 24.6 Å². The first-order chi connectivity index (χ1) is 14.8. The third kappa shape index (κ3) is 3.44. The van der Waals surface area contributed by atoms with Crippen molar-refractivity contribution in [2.45, 2.75) is 39.3 Å². The van der Waals surface area contributed by atoms with Gasteiger partial charge in [0, 0.05) is 34.7 Å². The number of pyridine rings is 2. The number of benzene rings is 1. The molecule has 1 saturated carbocycles. The Bertz CT molecular complexity index is 1360. The lowest BCUT2D eigenvalue weighted by Crippen LogP contribution is -2.33. The van der Waals surface area contributed by atoms with Gasteiger partial charge in [0.1, 0.15) is 5.82 Å². The highest BCUT2D eigenvalue weighted by Crippen LogP contribution is 2.33. The first-order valence-electron chi connectivity index (χ1n) is 10.3. The minimum atomic E-state index is 0.0245. The lowest BCUT2D eigenvalue weighted by molar-refractivity contribution is 0.0727. The predicted molar refractivity (Wildman–Crippen MR) is 125 cm³/mol. The fraction of sp³-hybridized carbons (Fsp3) is 0.304. The lowest BCUT2D eigenvalue weighted by Gasteiger charge is -2.23. The van der Waals surface area contributed by atoms with Gasteiger partial charge in [-0.1, -0.05) is 0 Å². The molecule has 3 heterocycles. The molecule has 8 heteroatoms. The minimum absolute atomic E-state index is 0.0245. The number of halogens is 1. The van der Waals surface area contributed by atoms with E-state index in [1.165, 1.54) is 0 Å². The van der Waals surface area contributed by atoms with Crippen LogP contribution in [0.5, 0.6) is 0 Å². The first kappa shape index (κ1) is 19.9. The summed E-state index contributed by atoms with van der Waals surface area (Å²) in [4.78, 5) is 24.7. The van der Waals surface area contributed by atoms with E-state index in [0.29, 0.717) is 17.9 Å². The number of nitrogens with two attached hydrogens (primary N) is 1. The normalized spacial score (nSPS) is 13.8. The van der Waals surface area contributed by atoms with E-state index in [1.807, 2.05) is 44.0 Å². The van der Waals surface area contributed by atoms with Gasteiger partial charge in [-0.15, -0.1) is 0 Å². The van der Waals surface area contributed by atoms with E-state index in [4.69, 9.17) is 5.73 Å². The number of hydrogen-bond acceptors (Lipinski definition) is 5. The highest BCUT2D eigenvalue weighted by molar-refractivity contribution is 9.10. The van der Waals surface area contributed by atoms with Crippen molar-refractivity contribution in [3.8, 4) is 0 Å². The van der Waals surface area contributed by atoms with Crippen LogP contribution in [-0.2, 0) is 13.6 Å². The summed E-state index contributed by atoms with van der Waals surface area (Å²) >= 11 is 3.50. The zero-order valence-corrected chi connectivity index (χ0v) is 19.3. The molecular weight excluding hydrogens is 456 g/mol. The molecule has 0 aliphatic heterocycles. The Kier molecular flexibility index (Phi) is 4.69. The number of anilines is 1. The Hall–Kier alpha value is -3.00. The van der Waals surface area contributed by atoms with Crippen LogP contribution in [0.4, 0.5) is 5.82 Å². The molecule has 158 valence electrons. The zero-order chi connectivity index (χ0) is 21.9. The van der Waals surface area contributed by atoms with Crippen molar-refractivity contribution >= 4 is 49.5 Å². The van der Waals surface area contributed by atoms with E-state index in [1.54, 1.807) is 17.1 Å². The van der Waals surface area contributed by atoms with Gasteiger partial charge in [-0.05, 0) is 71.9 Å². The Morgan fingerprint density at radius 3 is 2.68 bits per heavy atom. The van der Waals surface area contributed by atoms with Gasteiger partial charge in [0.25, 0.3) is 5.91 Å². The van der Waals surface area contributed by atoms with Crippen molar-refractivity contribution < 1.29 is 4.79 Å². The van der Waals surface area contributed by atoms with Crippen molar-refractivity contribution in [3.63, 3.8) is 0 Å². The maximum atomic E-state index is 13.7. The van der Waals surface area contributed by atoms with Crippen LogP contribution in [0.25, 0.3) is 21.8 Å². The molecule has 2 N–H and O–H groups in total. The van der Waals surface area contributed by atoms with E-state index in [-0.39, 0.29) is 11.9 Å². The topological polar surface area (TPSA) is 89.9 Å². The molecule has 1 aromatic carbocycles. The summed E-state index contributed by atoms with van der Waals surface area (Å²) in [5.74, 6) is 0.474. The number of carbonyl (C=O) groups is 1. The maximum Gasteiger partial charge on any atom is 0.254 e. The largest absolute Gasteiger partial charge is 0.383 e.